The second-order valence-electron chi connectivity index (χ2n) is 2.75. The third-order valence-corrected chi connectivity index (χ3v) is 2.26. The van der Waals surface area contributed by atoms with Gasteiger partial charge in [0.2, 0.25) is 0 Å². The molecule has 0 aliphatic carbocycles. The van der Waals surface area contributed by atoms with E-state index < -0.39 is 6.10 Å². The first-order valence-electron chi connectivity index (χ1n) is 3.87. The average molecular weight is 196 g/mol. The summed E-state index contributed by atoms with van der Waals surface area (Å²) in [4.78, 5) is 0. The zero-order chi connectivity index (χ0) is 9.84. The minimum Gasteiger partial charge on any atom is -0.362 e. The van der Waals surface area contributed by atoms with Crippen LogP contribution in [-0.2, 0) is 4.74 Å². The van der Waals surface area contributed by atoms with Crippen molar-refractivity contribution in [1.29, 1.82) is 5.26 Å². The van der Waals surface area contributed by atoms with Gasteiger partial charge in [0, 0.05) is 12.1 Å². The SMILES string of the molecule is COC(C#N)c1ccc(C)c(Cl)c1. The Bertz CT molecular complexity index is 343. The Balaban J connectivity index is 3.04. The van der Waals surface area contributed by atoms with Crippen LogP contribution in [0.5, 0.6) is 0 Å². The number of benzene rings is 1. The molecule has 0 aromatic heterocycles. The van der Waals surface area contributed by atoms with E-state index in [1.807, 2.05) is 25.1 Å². The van der Waals surface area contributed by atoms with Crippen LogP contribution in [-0.4, -0.2) is 7.11 Å². The van der Waals surface area contributed by atoms with E-state index in [0.717, 1.165) is 11.1 Å². The van der Waals surface area contributed by atoms with E-state index in [2.05, 4.69) is 0 Å². The molecule has 0 radical (unpaired) electrons. The second-order valence-corrected chi connectivity index (χ2v) is 3.16. The van der Waals surface area contributed by atoms with Gasteiger partial charge < -0.3 is 4.74 Å². The summed E-state index contributed by atoms with van der Waals surface area (Å²) < 4.78 is 4.96. The van der Waals surface area contributed by atoms with Crippen LogP contribution in [0.1, 0.15) is 17.2 Å². The van der Waals surface area contributed by atoms with E-state index in [-0.39, 0.29) is 0 Å². The summed E-state index contributed by atoms with van der Waals surface area (Å²) >= 11 is 5.91. The topological polar surface area (TPSA) is 33.0 Å². The summed E-state index contributed by atoms with van der Waals surface area (Å²) in [7, 11) is 1.50. The molecule has 1 unspecified atom stereocenters. The number of hydrogen-bond donors (Lipinski definition) is 0. The van der Waals surface area contributed by atoms with Gasteiger partial charge in [-0.05, 0) is 24.1 Å². The largest absolute Gasteiger partial charge is 0.362 e. The minimum absolute atomic E-state index is 0.530. The lowest BCUT2D eigenvalue weighted by Gasteiger charge is -2.08. The molecule has 1 aromatic carbocycles. The molecule has 0 aliphatic rings. The van der Waals surface area contributed by atoms with Crippen LogP contribution in [0, 0.1) is 18.3 Å². The number of ether oxygens (including phenoxy) is 1. The van der Waals surface area contributed by atoms with Gasteiger partial charge in [-0.3, -0.25) is 0 Å². The van der Waals surface area contributed by atoms with Crippen molar-refractivity contribution in [3.05, 3.63) is 34.3 Å². The molecule has 1 rings (SSSR count). The van der Waals surface area contributed by atoms with E-state index in [4.69, 9.17) is 21.6 Å². The van der Waals surface area contributed by atoms with Gasteiger partial charge in [-0.2, -0.15) is 5.26 Å². The Labute approximate surface area is 82.7 Å². The quantitative estimate of drug-likeness (QED) is 0.727. The highest BCUT2D eigenvalue weighted by atomic mass is 35.5. The van der Waals surface area contributed by atoms with E-state index >= 15 is 0 Å². The Morgan fingerprint density at radius 3 is 2.69 bits per heavy atom. The Hall–Kier alpha value is -1.04. The predicted molar refractivity (Wildman–Crippen MR) is 51.6 cm³/mol. The minimum atomic E-state index is -0.530. The summed E-state index contributed by atoms with van der Waals surface area (Å²) in [6.07, 6.45) is -0.530. The molecule has 0 bridgehead atoms. The van der Waals surface area contributed by atoms with Crippen LogP contribution in [0.15, 0.2) is 18.2 Å². The van der Waals surface area contributed by atoms with Gasteiger partial charge in [-0.15, -0.1) is 0 Å². The van der Waals surface area contributed by atoms with Crippen molar-refractivity contribution in [2.75, 3.05) is 7.11 Å². The maximum Gasteiger partial charge on any atom is 0.168 e. The molecule has 0 saturated carbocycles. The Morgan fingerprint density at radius 1 is 1.54 bits per heavy atom. The van der Waals surface area contributed by atoms with Crippen molar-refractivity contribution in [1.82, 2.24) is 0 Å². The second kappa shape index (κ2) is 4.27. The molecule has 13 heavy (non-hydrogen) atoms. The predicted octanol–water partition coefficient (Wildman–Crippen LogP) is 2.86. The number of aryl methyl sites for hydroxylation is 1. The lowest BCUT2D eigenvalue weighted by molar-refractivity contribution is 0.148. The number of methoxy groups -OCH3 is 1. The average Bonchev–Trinajstić information content (AvgIpc) is 2.13. The maximum atomic E-state index is 8.72. The molecule has 0 saturated heterocycles. The maximum absolute atomic E-state index is 8.72. The van der Waals surface area contributed by atoms with Crippen molar-refractivity contribution in [3.8, 4) is 6.07 Å². The Kier molecular flexibility index (Phi) is 3.30. The van der Waals surface area contributed by atoms with Crippen LogP contribution in [0.2, 0.25) is 5.02 Å². The van der Waals surface area contributed by atoms with Gasteiger partial charge in [0.05, 0.1) is 6.07 Å². The zero-order valence-corrected chi connectivity index (χ0v) is 8.30. The number of halogens is 1. The molecule has 3 heteroatoms. The molecule has 2 nitrogen and oxygen atoms in total. The normalized spacial score (nSPS) is 12.2. The summed E-state index contributed by atoms with van der Waals surface area (Å²) in [5.74, 6) is 0. The highest BCUT2D eigenvalue weighted by Gasteiger charge is 2.09. The molecule has 0 amide bonds. The molecular formula is C10H10ClNO. The molecule has 0 fully saturated rings. The van der Waals surface area contributed by atoms with Gasteiger partial charge in [0.25, 0.3) is 0 Å². The third-order valence-electron chi connectivity index (χ3n) is 1.85. The van der Waals surface area contributed by atoms with Crippen molar-refractivity contribution in [2.45, 2.75) is 13.0 Å². The summed E-state index contributed by atoms with van der Waals surface area (Å²) in [6, 6.07) is 7.51. The fourth-order valence-electron chi connectivity index (χ4n) is 1.04. The first-order valence-corrected chi connectivity index (χ1v) is 4.25. The summed E-state index contributed by atoms with van der Waals surface area (Å²) in [5.41, 5.74) is 1.79. The first kappa shape index (κ1) is 10.0. The third kappa shape index (κ3) is 2.21. The fourth-order valence-corrected chi connectivity index (χ4v) is 1.22. The van der Waals surface area contributed by atoms with Gasteiger partial charge >= 0.3 is 0 Å². The first-order chi connectivity index (χ1) is 6.19. The van der Waals surface area contributed by atoms with Crippen molar-refractivity contribution < 1.29 is 4.74 Å². The van der Waals surface area contributed by atoms with E-state index in [1.54, 1.807) is 6.07 Å². The van der Waals surface area contributed by atoms with Gasteiger partial charge in [0.15, 0.2) is 6.10 Å². The zero-order valence-electron chi connectivity index (χ0n) is 7.54. The standard InChI is InChI=1S/C10H10ClNO/c1-7-3-4-8(5-9(7)11)10(6-12)13-2/h3-5,10H,1-2H3. The van der Waals surface area contributed by atoms with Crippen LogP contribution in [0.4, 0.5) is 0 Å². The highest BCUT2D eigenvalue weighted by molar-refractivity contribution is 6.31. The molecule has 68 valence electrons. The molecule has 0 spiro atoms. The summed E-state index contributed by atoms with van der Waals surface area (Å²) in [5, 5.41) is 9.38. The van der Waals surface area contributed by atoms with Crippen LogP contribution in [0.25, 0.3) is 0 Å². The van der Waals surface area contributed by atoms with Crippen molar-refractivity contribution in [3.63, 3.8) is 0 Å². The van der Waals surface area contributed by atoms with Gasteiger partial charge in [-0.25, -0.2) is 0 Å². The number of nitrogens with zero attached hydrogens (tertiary/aromatic N) is 1. The number of rotatable bonds is 2. The smallest absolute Gasteiger partial charge is 0.168 e. The van der Waals surface area contributed by atoms with E-state index in [0.29, 0.717) is 5.02 Å². The lowest BCUT2D eigenvalue weighted by Crippen LogP contribution is -1.97. The monoisotopic (exact) mass is 195 g/mol. The van der Waals surface area contributed by atoms with Gasteiger partial charge in [0.1, 0.15) is 0 Å². The molecule has 1 atom stereocenters. The van der Waals surface area contributed by atoms with Crippen LogP contribution >= 0.6 is 11.6 Å². The van der Waals surface area contributed by atoms with E-state index in [1.165, 1.54) is 7.11 Å². The van der Waals surface area contributed by atoms with Crippen molar-refractivity contribution in [2.24, 2.45) is 0 Å². The van der Waals surface area contributed by atoms with Gasteiger partial charge in [-0.1, -0.05) is 23.7 Å². The summed E-state index contributed by atoms with van der Waals surface area (Å²) in [6.45, 7) is 1.92. The fraction of sp³-hybridized carbons (Fsp3) is 0.300. The number of nitriles is 1. The van der Waals surface area contributed by atoms with E-state index in [9.17, 15) is 0 Å². The highest BCUT2D eigenvalue weighted by Crippen LogP contribution is 2.22. The molecule has 1 aromatic rings. The molecule has 0 aliphatic heterocycles. The molecular weight excluding hydrogens is 186 g/mol. The van der Waals surface area contributed by atoms with Crippen molar-refractivity contribution >= 4 is 11.6 Å². The lowest BCUT2D eigenvalue weighted by atomic mass is 10.1. The molecule has 0 N–H and O–H groups in total. The van der Waals surface area contributed by atoms with Crippen LogP contribution in [0.3, 0.4) is 0 Å². The van der Waals surface area contributed by atoms with Crippen LogP contribution < -0.4 is 0 Å². The molecule has 0 heterocycles. The number of hydrogen-bond acceptors (Lipinski definition) is 2. The Morgan fingerprint density at radius 2 is 2.23 bits per heavy atom.